The molecule has 1 aromatic heterocycles. The number of furan rings is 1. The highest BCUT2D eigenvalue weighted by Crippen LogP contribution is 2.38. The Morgan fingerprint density at radius 1 is 1.14 bits per heavy atom. The number of fused-ring (bicyclic) bond motifs is 3. The summed E-state index contributed by atoms with van der Waals surface area (Å²) in [4.78, 5) is 15.0. The van der Waals surface area contributed by atoms with Crippen LogP contribution in [0.4, 0.5) is 20.2 Å². The molecule has 4 rings (SSSR count). The maximum absolute atomic E-state index is 12.8. The number of ether oxygens (including phenoxy) is 1. The first-order chi connectivity index (χ1) is 13.9. The Kier molecular flexibility index (Phi) is 4.67. The summed E-state index contributed by atoms with van der Waals surface area (Å²) >= 11 is 0. The van der Waals surface area contributed by atoms with Crippen molar-refractivity contribution in [3.63, 3.8) is 0 Å². The second-order valence-electron chi connectivity index (χ2n) is 6.37. The van der Waals surface area contributed by atoms with Gasteiger partial charge in [0.1, 0.15) is 5.58 Å². The van der Waals surface area contributed by atoms with Crippen molar-refractivity contribution in [3.05, 3.63) is 75.8 Å². The van der Waals surface area contributed by atoms with E-state index in [9.17, 15) is 18.9 Å². The minimum Gasteiger partial charge on any atom is -0.452 e. The molecule has 0 amide bonds. The Hall–Kier alpha value is -3.81. The zero-order valence-corrected chi connectivity index (χ0v) is 15.1. The summed E-state index contributed by atoms with van der Waals surface area (Å²) in [5, 5.41) is 12.0. The van der Waals surface area contributed by atoms with Gasteiger partial charge in [0.25, 0.3) is 5.69 Å². The summed E-state index contributed by atoms with van der Waals surface area (Å²) in [5.41, 5.74) is 2.61. The minimum absolute atomic E-state index is 0.0775. The van der Waals surface area contributed by atoms with E-state index >= 15 is 0 Å². The van der Waals surface area contributed by atoms with E-state index in [2.05, 4.69) is 9.73 Å². The third-order valence-corrected chi connectivity index (χ3v) is 4.41. The highest BCUT2D eigenvalue weighted by atomic mass is 19.3. The number of aryl methyl sites for hydroxylation is 1. The number of nitro benzene ring substituents is 1. The van der Waals surface area contributed by atoms with Crippen molar-refractivity contribution in [1.29, 1.82) is 0 Å². The average Bonchev–Trinajstić information content (AvgIpc) is 3.07. The summed E-state index contributed by atoms with van der Waals surface area (Å²) < 4.78 is 35.8. The van der Waals surface area contributed by atoms with Gasteiger partial charge in [-0.05, 0) is 37.3 Å². The second-order valence-corrected chi connectivity index (χ2v) is 6.37. The third-order valence-electron chi connectivity index (χ3n) is 4.41. The maximum atomic E-state index is 12.8. The summed E-state index contributed by atoms with van der Waals surface area (Å²) in [6.45, 7) is -1.07. The molecule has 0 unspecified atom stereocenters. The number of nitro groups is 1. The van der Waals surface area contributed by atoms with Crippen LogP contribution in [0.15, 0.2) is 64.0 Å². The van der Waals surface area contributed by atoms with Crippen LogP contribution >= 0.6 is 0 Å². The largest absolute Gasteiger partial charge is 0.452 e. The average molecular weight is 396 g/mol. The quantitative estimate of drug-likeness (QED) is 0.230. The molecule has 1 heterocycles. The van der Waals surface area contributed by atoms with E-state index in [1.54, 1.807) is 12.3 Å². The van der Waals surface area contributed by atoms with E-state index in [1.807, 2.05) is 31.2 Å². The number of nitrogens with zero attached hydrogens (tertiary/aromatic N) is 2. The van der Waals surface area contributed by atoms with E-state index in [0.29, 0.717) is 27.6 Å². The van der Waals surface area contributed by atoms with Gasteiger partial charge in [0.05, 0.1) is 10.6 Å². The monoisotopic (exact) mass is 396 g/mol. The van der Waals surface area contributed by atoms with Crippen LogP contribution in [-0.4, -0.2) is 17.7 Å². The lowest BCUT2D eigenvalue weighted by molar-refractivity contribution is -0.384. The smallest absolute Gasteiger partial charge is 0.387 e. The van der Waals surface area contributed by atoms with E-state index < -0.39 is 11.5 Å². The summed E-state index contributed by atoms with van der Waals surface area (Å²) in [6.07, 6.45) is 1.56. The van der Waals surface area contributed by atoms with Crippen LogP contribution in [0.5, 0.6) is 5.75 Å². The van der Waals surface area contributed by atoms with Gasteiger partial charge in [-0.2, -0.15) is 8.78 Å². The summed E-state index contributed by atoms with van der Waals surface area (Å²) in [6, 6.07) is 14.5. The van der Waals surface area contributed by atoms with Crippen LogP contribution in [-0.2, 0) is 0 Å². The van der Waals surface area contributed by atoms with Crippen LogP contribution < -0.4 is 4.74 Å². The standard InChI is InChI=1S/C21H14F2N2O4/c1-12-2-5-14(6-3-12)24-11-13-4-8-18(29-21(22)23)20-19(13)16-10-15(25(26)27)7-9-17(16)28-20/h2-11,21H,1H3/b24-11+. The lowest BCUT2D eigenvalue weighted by Crippen LogP contribution is -2.02. The molecule has 0 N–H and O–H groups in total. The predicted octanol–water partition coefficient (Wildman–Crippen LogP) is 6.15. The van der Waals surface area contributed by atoms with Crippen molar-refractivity contribution in [2.45, 2.75) is 13.5 Å². The molecule has 0 aliphatic heterocycles. The Balaban J connectivity index is 1.93. The van der Waals surface area contributed by atoms with Gasteiger partial charge in [-0.25, -0.2) is 0 Å². The lowest BCUT2D eigenvalue weighted by Gasteiger charge is -2.06. The number of hydrogen-bond acceptors (Lipinski definition) is 5. The number of rotatable bonds is 5. The molecule has 29 heavy (non-hydrogen) atoms. The maximum Gasteiger partial charge on any atom is 0.387 e. The minimum atomic E-state index is -3.03. The van der Waals surface area contributed by atoms with E-state index in [1.165, 1.54) is 24.3 Å². The van der Waals surface area contributed by atoms with Crippen LogP contribution in [0.2, 0.25) is 0 Å². The SMILES string of the molecule is Cc1ccc(/N=C/c2ccc(OC(F)F)c3oc4ccc([N+](=O)[O-])cc4c23)cc1. The molecule has 0 aliphatic rings. The number of non-ortho nitro benzene ring substituents is 1. The van der Waals surface area contributed by atoms with Gasteiger partial charge < -0.3 is 9.15 Å². The molecule has 0 fully saturated rings. The number of benzene rings is 3. The molecule has 0 spiro atoms. The third kappa shape index (κ3) is 3.64. The fourth-order valence-corrected chi connectivity index (χ4v) is 3.06. The number of halogens is 2. The molecule has 4 aromatic rings. The summed E-state index contributed by atoms with van der Waals surface area (Å²) in [7, 11) is 0. The molecular formula is C21H14F2N2O4. The zero-order chi connectivity index (χ0) is 20.5. The predicted molar refractivity (Wildman–Crippen MR) is 105 cm³/mol. The molecule has 0 bridgehead atoms. The molecule has 146 valence electrons. The molecule has 0 saturated heterocycles. The normalized spacial score (nSPS) is 11.7. The van der Waals surface area contributed by atoms with Gasteiger partial charge >= 0.3 is 6.61 Å². The highest BCUT2D eigenvalue weighted by Gasteiger charge is 2.19. The molecule has 6 nitrogen and oxygen atoms in total. The van der Waals surface area contributed by atoms with Gasteiger partial charge in [-0.1, -0.05) is 17.7 Å². The van der Waals surface area contributed by atoms with Crippen LogP contribution in [0.25, 0.3) is 21.9 Å². The Bertz CT molecular complexity index is 1250. The van der Waals surface area contributed by atoms with Crippen LogP contribution in [0.3, 0.4) is 0 Å². The van der Waals surface area contributed by atoms with Crippen molar-refractivity contribution in [3.8, 4) is 5.75 Å². The Labute approximate surface area is 163 Å². The van der Waals surface area contributed by atoms with E-state index in [4.69, 9.17) is 4.42 Å². The van der Waals surface area contributed by atoms with E-state index in [-0.39, 0.29) is 17.0 Å². The lowest BCUT2D eigenvalue weighted by atomic mass is 10.1. The highest BCUT2D eigenvalue weighted by molar-refractivity contribution is 6.15. The van der Waals surface area contributed by atoms with Crippen molar-refractivity contribution in [2.75, 3.05) is 0 Å². The number of alkyl halides is 2. The molecule has 0 atom stereocenters. The van der Waals surface area contributed by atoms with Crippen molar-refractivity contribution < 1.29 is 22.9 Å². The van der Waals surface area contributed by atoms with E-state index in [0.717, 1.165) is 5.56 Å². The molecule has 0 saturated carbocycles. The van der Waals surface area contributed by atoms with Gasteiger partial charge in [-0.3, -0.25) is 15.1 Å². The van der Waals surface area contributed by atoms with Crippen LogP contribution in [0.1, 0.15) is 11.1 Å². The fraction of sp³-hybridized carbons (Fsp3) is 0.0952. The number of hydrogen-bond donors (Lipinski definition) is 0. The van der Waals surface area contributed by atoms with Crippen molar-refractivity contribution in [2.24, 2.45) is 4.99 Å². The Morgan fingerprint density at radius 2 is 1.90 bits per heavy atom. The van der Waals surface area contributed by atoms with Gasteiger partial charge in [0.2, 0.25) is 0 Å². The molecular weight excluding hydrogens is 382 g/mol. The molecule has 3 aromatic carbocycles. The van der Waals surface area contributed by atoms with Crippen molar-refractivity contribution in [1.82, 2.24) is 0 Å². The van der Waals surface area contributed by atoms with Crippen LogP contribution in [0, 0.1) is 17.0 Å². The zero-order valence-electron chi connectivity index (χ0n) is 15.1. The van der Waals surface area contributed by atoms with Crippen molar-refractivity contribution >= 4 is 39.5 Å². The second kappa shape index (κ2) is 7.31. The Morgan fingerprint density at radius 3 is 2.59 bits per heavy atom. The summed E-state index contributed by atoms with van der Waals surface area (Å²) in [5.74, 6) is -0.152. The fourth-order valence-electron chi connectivity index (χ4n) is 3.06. The first-order valence-electron chi connectivity index (χ1n) is 8.61. The number of aliphatic imine (C=N–C) groups is 1. The van der Waals surface area contributed by atoms with Gasteiger partial charge in [0, 0.05) is 34.7 Å². The molecule has 0 radical (unpaired) electrons. The molecule has 8 heteroatoms. The van der Waals surface area contributed by atoms with Gasteiger partial charge in [0.15, 0.2) is 11.3 Å². The molecule has 0 aliphatic carbocycles. The first kappa shape index (κ1) is 18.5. The first-order valence-corrected chi connectivity index (χ1v) is 8.61. The van der Waals surface area contributed by atoms with Gasteiger partial charge in [-0.15, -0.1) is 0 Å². The topological polar surface area (TPSA) is 77.9 Å².